The summed E-state index contributed by atoms with van der Waals surface area (Å²) in [6.07, 6.45) is 0. The molecule has 2 aromatic carbocycles. The van der Waals surface area contributed by atoms with E-state index in [9.17, 15) is 4.79 Å². The monoisotopic (exact) mass is 334 g/mol. The highest BCUT2D eigenvalue weighted by atomic mass is 16.1. The summed E-state index contributed by atoms with van der Waals surface area (Å²) in [6.45, 7) is 13.3. The number of fused-ring (bicyclic) bond motifs is 1. The summed E-state index contributed by atoms with van der Waals surface area (Å²) in [5, 5.41) is 8.63. The predicted octanol–water partition coefficient (Wildman–Crippen LogP) is 5.19. The average molecular weight is 334 g/mol. The van der Waals surface area contributed by atoms with Gasteiger partial charge < -0.3 is 0 Å². The molecule has 0 saturated heterocycles. The minimum Gasteiger partial charge on any atom is -0.267 e. The van der Waals surface area contributed by atoms with Crippen LogP contribution in [0.25, 0.3) is 22.0 Å². The van der Waals surface area contributed by atoms with Crippen LogP contribution in [0.4, 0.5) is 0 Å². The molecule has 0 bridgehead atoms. The Labute approximate surface area is 149 Å². The van der Waals surface area contributed by atoms with Gasteiger partial charge in [-0.1, -0.05) is 77.9 Å². The number of H-pyrrole nitrogens is 1. The van der Waals surface area contributed by atoms with Crippen molar-refractivity contribution in [3.63, 3.8) is 0 Å². The standard InChI is InChI=1S/C22H26N2O/c1-21(2,3)14-11-12-17(18(13-14)22(4,5)6)19-15-9-7-8-10-16(15)20(25)24-23-19/h7-13H,1-6H3,(H,24,25). The second-order valence-electron chi connectivity index (χ2n) is 8.71. The van der Waals surface area contributed by atoms with Gasteiger partial charge in [0.2, 0.25) is 0 Å². The molecule has 0 aliphatic carbocycles. The van der Waals surface area contributed by atoms with E-state index in [1.165, 1.54) is 11.1 Å². The van der Waals surface area contributed by atoms with Crippen LogP contribution < -0.4 is 5.56 Å². The fraction of sp³-hybridized carbons (Fsp3) is 0.364. The van der Waals surface area contributed by atoms with Gasteiger partial charge >= 0.3 is 0 Å². The van der Waals surface area contributed by atoms with E-state index in [4.69, 9.17) is 0 Å². The third-order valence-electron chi connectivity index (χ3n) is 4.64. The van der Waals surface area contributed by atoms with Crippen molar-refractivity contribution >= 4 is 10.8 Å². The fourth-order valence-electron chi connectivity index (χ4n) is 3.16. The van der Waals surface area contributed by atoms with Gasteiger partial charge in [-0.25, -0.2) is 5.10 Å². The Morgan fingerprint density at radius 3 is 2.08 bits per heavy atom. The molecule has 0 unspecified atom stereocenters. The molecule has 1 aromatic heterocycles. The summed E-state index contributed by atoms with van der Waals surface area (Å²) >= 11 is 0. The van der Waals surface area contributed by atoms with E-state index >= 15 is 0 Å². The first kappa shape index (κ1) is 17.4. The highest BCUT2D eigenvalue weighted by Crippen LogP contribution is 2.37. The molecule has 0 fully saturated rings. The lowest BCUT2D eigenvalue weighted by Crippen LogP contribution is -2.18. The molecule has 0 aliphatic heterocycles. The lowest BCUT2D eigenvalue weighted by Gasteiger charge is -2.27. The molecule has 3 rings (SSSR count). The van der Waals surface area contributed by atoms with Crippen LogP contribution in [-0.2, 0) is 10.8 Å². The lowest BCUT2D eigenvalue weighted by molar-refractivity contribution is 0.569. The molecule has 0 spiro atoms. The van der Waals surface area contributed by atoms with Crippen molar-refractivity contribution in [2.24, 2.45) is 0 Å². The number of benzene rings is 2. The molecule has 3 heteroatoms. The van der Waals surface area contributed by atoms with Crippen LogP contribution in [0.5, 0.6) is 0 Å². The first-order valence-corrected chi connectivity index (χ1v) is 8.72. The molecule has 3 nitrogen and oxygen atoms in total. The van der Waals surface area contributed by atoms with Crippen molar-refractivity contribution < 1.29 is 0 Å². The van der Waals surface area contributed by atoms with E-state index in [-0.39, 0.29) is 16.4 Å². The largest absolute Gasteiger partial charge is 0.272 e. The summed E-state index contributed by atoms with van der Waals surface area (Å²) in [7, 11) is 0. The quantitative estimate of drug-likeness (QED) is 0.666. The van der Waals surface area contributed by atoms with E-state index < -0.39 is 0 Å². The van der Waals surface area contributed by atoms with Gasteiger partial charge in [0.1, 0.15) is 0 Å². The molecule has 25 heavy (non-hydrogen) atoms. The minimum absolute atomic E-state index is 0.0322. The van der Waals surface area contributed by atoms with Crippen molar-refractivity contribution in [3.05, 3.63) is 63.9 Å². The maximum absolute atomic E-state index is 12.1. The van der Waals surface area contributed by atoms with Gasteiger partial charge in [0.15, 0.2) is 0 Å². The van der Waals surface area contributed by atoms with Crippen LogP contribution in [-0.4, -0.2) is 10.2 Å². The van der Waals surface area contributed by atoms with E-state index in [1.807, 2.05) is 24.3 Å². The Morgan fingerprint density at radius 2 is 1.48 bits per heavy atom. The first-order chi connectivity index (χ1) is 11.6. The van der Waals surface area contributed by atoms with Crippen LogP contribution in [0.3, 0.4) is 0 Å². The van der Waals surface area contributed by atoms with E-state index in [1.54, 1.807) is 0 Å². The predicted molar refractivity (Wildman–Crippen MR) is 105 cm³/mol. The van der Waals surface area contributed by atoms with Crippen LogP contribution >= 0.6 is 0 Å². The number of hydrogen-bond donors (Lipinski definition) is 1. The lowest BCUT2D eigenvalue weighted by atomic mass is 9.77. The Bertz CT molecular complexity index is 985. The van der Waals surface area contributed by atoms with Gasteiger partial charge in [0.25, 0.3) is 5.56 Å². The number of aromatic amines is 1. The molecular weight excluding hydrogens is 308 g/mol. The van der Waals surface area contributed by atoms with Crippen molar-refractivity contribution in [3.8, 4) is 11.3 Å². The zero-order valence-corrected chi connectivity index (χ0v) is 15.9. The Morgan fingerprint density at radius 1 is 0.840 bits per heavy atom. The molecule has 3 aromatic rings. The maximum Gasteiger partial charge on any atom is 0.272 e. The molecule has 0 aliphatic rings. The normalized spacial score (nSPS) is 12.6. The number of nitrogens with one attached hydrogen (secondary N) is 1. The number of aromatic nitrogens is 2. The maximum atomic E-state index is 12.1. The number of nitrogens with zero attached hydrogens (tertiary/aromatic N) is 1. The zero-order chi connectivity index (χ0) is 18.4. The van der Waals surface area contributed by atoms with Crippen molar-refractivity contribution in [1.29, 1.82) is 0 Å². The second-order valence-corrected chi connectivity index (χ2v) is 8.71. The molecule has 0 atom stereocenters. The Kier molecular flexibility index (Phi) is 4.06. The van der Waals surface area contributed by atoms with Gasteiger partial charge in [-0.3, -0.25) is 4.79 Å². The Balaban J connectivity index is 2.35. The molecule has 1 heterocycles. The van der Waals surface area contributed by atoms with Gasteiger partial charge in [-0.05, 0) is 28.0 Å². The third kappa shape index (κ3) is 3.23. The highest BCUT2D eigenvalue weighted by Gasteiger charge is 2.24. The van der Waals surface area contributed by atoms with Crippen LogP contribution in [0, 0.1) is 0 Å². The van der Waals surface area contributed by atoms with Crippen LogP contribution in [0.15, 0.2) is 47.3 Å². The summed E-state index contributed by atoms with van der Waals surface area (Å²) in [6, 6.07) is 14.3. The van der Waals surface area contributed by atoms with Crippen LogP contribution in [0.2, 0.25) is 0 Å². The number of hydrogen-bond acceptors (Lipinski definition) is 2. The molecular formula is C22H26N2O. The third-order valence-corrected chi connectivity index (χ3v) is 4.64. The highest BCUT2D eigenvalue weighted by molar-refractivity contribution is 5.94. The van der Waals surface area contributed by atoms with Gasteiger partial charge in [0, 0.05) is 10.9 Å². The van der Waals surface area contributed by atoms with Gasteiger partial charge in [-0.15, -0.1) is 0 Å². The Hall–Kier alpha value is -2.42. The minimum atomic E-state index is -0.150. The van der Waals surface area contributed by atoms with Gasteiger partial charge in [-0.2, -0.15) is 5.10 Å². The van der Waals surface area contributed by atoms with Crippen molar-refractivity contribution in [2.75, 3.05) is 0 Å². The van der Waals surface area contributed by atoms with Crippen molar-refractivity contribution in [1.82, 2.24) is 10.2 Å². The van der Waals surface area contributed by atoms with Crippen LogP contribution in [0.1, 0.15) is 52.7 Å². The topological polar surface area (TPSA) is 45.8 Å². The van der Waals surface area contributed by atoms with E-state index in [0.717, 1.165) is 16.6 Å². The van der Waals surface area contributed by atoms with Crippen molar-refractivity contribution in [2.45, 2.75) is 52.4 Å². The first-order valence-electron chi connectivity index (χ1n) is 8.72. The molecule has 0 saturated carbocycles. The second kappa shape index (κ2) is 5.83. The summed E-state index contributed by atoms with van der Waals surface area (Å²) in [5.74, 6) is 0. The van der Waals surface area contributed by atoms with E-state index in [2.05, 4.69) is 69.9 Å². The zero-order valence-electron chi connectivity index (χ0n) is 15.9. The molecule has 0 amide bonds. The molecule has 1 N–H and O–H groups in total. The summed E-state index contributed by atoms with van der Waals surface area (Å²) < 4.78 is 0. The average Bonchev–Trinajstić information content (AvgIpc) is 2.53. The molecule has 130 valence electrons. The SMILES string of the molecule is CC(C)(C)c1ccc(-c2n[nH]c(=O)c3ccccc23)c(C(C)(C)C)c1. The number of rotatable bonds is 1. The summed E-state index contributed by atoms with van der Waals surface area (Å²) in [4.78, 5) is 12.1. The fourth-order valence-corrected chi connectivity index (χ4v) is 3.16. The van der Waals surface area contributed by atoms with Gasteiger partial charge in [0.05, 0.1) is 11.1 Å². The molecule has 0 radical (unpaired) electrons. The van der Waals surface area contributed by atoms with E-state index in [0.29, 0.717) is 5.39 Å². The summed E-state index contributed by atoms with van der Waals surface area (Å²) in [5.41, 5.74) is 4.35. The smallest absolute Gasteiger partial charge is 0.267 e.